The van der Waals surface area contributed by atoms with Crippen LogP contribution in [-0.2, 0) is 0 Å². The molecular weight excluding hydrogens is 253 g/mol. The highest BCUT2D eigenvalue weighted by molar-refractivity contribution is 8.13. The second-order valence-electron chi connectivity index (χ2n) is 2.77. The van der Waals surface area contributed by atoms with Crippen molar-refractivity contribution >= 4 is 40.1 Å². The van der Waals surface area contributed by atoms with Gasteiger partial charge < -0.3 is 0 Å². The lowest BCUT2D eigenvalue weighted by atomic mass is 10.1. The minimum atomic E-state index is -0.133. The van der Waals surface area contributed by atoms with Crippen LogP contribution in [0.2, 0.25) is 0 Å². The molecule has 0 aliphatic heterocycles. The van der Waals surface area contributed by atoms with E-state index in [0.717, 1.165) is 5.70 Å². The summed E-state index contributed by atoms with van der Waals surface area (Å²) in [4.78, 5) is 4.24. The Hall–Kier alpha value is -0.630. The molecule has 1 unspecified atom stereocenters. The summed E-state index contributed by atoms with van der Waals surface area (Å²) in [6.07, 6.45) is 7.79. The van der Waals surface area contributed by atoms with Crippen LogP contribution < -0.4 is 5.32 Å². The summed E-state index contributed by atoms with van der Waals surface area (Å²) in [6.45, 7) is 0. The van der Waals surface area contributed by atoms with Gasteiger partial charge in [0.05, 0.1) is 5.38 Å². The largest absolute Gasteiger partial charge is 0.271 e. The number of nitrogens with zero attached hydrogens (tertiary/aromatic N) is 2. The van der Waals surface area contributed by atoms with Gasteiger partial charge in [-0.25, -0.2) is 4.99 Å². The van der Waals surface area contributed by atoms with Gasteiger partial charge in [0, 0.05) is 17.2 Å². The zero-order chi connectivity index (χ0) is 11.3. The van der Waals surface area contributed by atoms with E-state index in [1.165, 1.54) is 11.8 Å². The third kappa shape index (κ3) is 4.17. The van der Waals surface area contributed by atoms with Crippen molar-refractivity contribution in [1.82, 2.24) is 5.32 Å². The molecule has 0 amide bonds. The topological polar surface area (TPSA) is 48.2 Å². The first kappa shape index (κ1) is 12.4. The first-order chi connectivity index (χ1) is 7.15. The highest BCUT2D eigenvalue weighted by Gasteiger charge is 2.12. The Kier molecular flexibility index (Phi) is 5.03. The van der Waals surface area contributed by atoms with E-state index in [9.17, 15) is 0 Å². The molecule has 1 aliphatic carbocycles. The number of allylic oxidation sites excluding steroid dienone is 4. The quantitative estimate of drug-likeness (QED) is 0.260. The van der Waals surface area contributed by atoms with E-state index in [4.69, 9.17) is 28.5 Å². The van der Waals surface area contributed by atoms with Crippen LogP contribution >= 0.6 is 35.0 Å². The molecule has 1 atom stereocenters. The summed E-state index contributed by atoms with van der Waals surface area (Å²) in [5, 5.41) is 11.9. The Bertz CT molecular complexity index is 368. The average Bonchev–Trinajstić information content (AvgIpc) is 2.15. The molecule has 1 rings (SSSR count). The van der Waals surface area contributed by atoms with E-state index in [-0.39, 0.29) is 5.38 Å². The van der Waals surface area contributed by atoms with Crippen molar-refractivity contribution in [2.45, 2.75) is 11.8 Å². The van der Waals surface area contributed by atoms with E-state index < -0.39 is 0 Å². The minimum Gasteiger partial charge on any atom is -0.271 e. The van der Waals surface area contributed by atoms with Crippen molar-refractivity contribution < 1.29 is 0 Å². The number of halogens is 2. The molecule has 0 aromatic heterocycles. The molecule has 0 aromatic carbocycles. The van der Waals surface area contributed by atoms with Crippen molar-refractivity contribution in [3.8, 4) is 6.19 Å². The van der Waals surface area contributed by atoms with Crippen LogP contribution in [0.4, 0.5) is 0 Å². The van der Waals surface area contributed by atoms with E-state index in [1.54, 1.807) is 12.2 Å². The molecule has 80 valence electrons. The number of hydrogen-bond acceptors (Lipinski definition) is 3. The monoisotopic (exact) mass is 261 g/mol. The number of thioether (sulfide) groups is 1. The molecule has 1 N–H and O–H groups in total. The van der Waals surface area contributed by atoms with Crippen LogP contribution in [0.1, 0.15) is 6.42 Å². The van der Waals surface area contributed by atoms with E-state index in [0.29, 0.717) is 16.6 Å². The summed E-state index contributed by atoms with van der Waals surface area (Å²) in [5.74, 6) is 0. The normalized spacial score (nSPS) is 21.5. The molecule has 0 radical (unpaired) electrons. The van der Waals surface area contributed by atoms with Crippen LogP contribution in [-0.4, -0.2) is 16.8 Å². The predicted molar refractivity (Wildman–Crippen MR) is 66.0 cm³/mol. The fourth-order valence-electron chi connectivity index (χ4n) is 1.08. The fourth-order valence-corrected chi connectivity index (χ4v) is 2.07. The van der Waals surface area contributed by atoms with Gasteiger partial charge in [0.2, 0.25) is 0 Å². The highest BCUT2D eigenvalue weighted by atomic mass is 35.5. The molecule has 6 heteroatoms. The molecule has 0 fully saturated rings. The van der Waals surface area contributed by atoms with E-state index in [2.05, 4.69) is 10.3 Å². The lowest BCUT2D eigenvalue weighted by Gasteiger charge is -2.11. The second kappa shape index (κ2) is 6.06. The molecule has 15 heavy (non-hydrogen) atoms. The number of nitriles is 1. The Morgan fingerprint density at radius 1 is 1.80 bits per heavy atom. The van der Waals surface area contributed by atoms with Crippen molar-refractivity contribution in [1.29, 1.82) is 5.26 Å². The molecule has 3 nitrogen and oxygen atoms in total. The number of alkyl halides is 1. The van der Waals surface area contributed by atoms with Gasteiger partial charge in [-0.15, -0.1) is 11.6 Å². The Labute approximate surface area is 103 Å². The maximum Gasteiger partial charge on any atom is 0.183 e. The molecule has 0 bridgehead atoms. The summed E-state index contributed by atoms with van der Waals surface area (Å²) in [6, 6.07) is 0. The van der Waals surface area contributed by atoms with Gasteiger partial charge >= 0.3 is 0 Å². The Balaban J connectivity index is 2.81. The third-order valence-electron chi connectivity index (χ3n) is 1.65. The number of nitrogens with one attached hydrogen (secondary N) is 1. The maximum absolute atomic E-state index is 8.46. The van der Waals surface area contributed by atoms with Gasteiger partial charge in [-0.05, 0) is 18.4 Å². The van der Waals surface area contributed by atoms with Gasteiger partial charge in [-0.1, -0.05) is 23.4 Å². The van der Waals surface area contributed by atoms with Gasteiger partial charge in [-0.3, -0.25) is 5.32 Å². The standard InChI is InChI=1S/C9H9Cl2N3S/c1-15-9(13-5-12)14-8-3-6(10)2-7(11)4-8/h2-3,7H,4H2,1H3,(H,13,14). The summed E-state index contributed by atoms with van der Waals surface area (Å²) in [5.41, 5.74) is 0.773. The number of rotatable bonds is 1. The van der Waals surface area contributed by atoms with Crippen LogP contribution in [0.5, 0.6) is 0 Å². The Morgan fingerprint density at radius 2 is 2.53 bits per heavy atom. The Morgan fingerprint density at radius 3 is 3.07 bits per heavy atom. The highest BCUT2D eigenvalue weighted by Crippen LogP contribution is 2.25. The fraction of sp³-hybridized carbons (Fsp3) is 0.333. The van der Waals surface area contributed by atoms with Gasteiger partial charge in [0.25, 0.3) is 0 Å². The third-order valence-corrected chi connectivity index (χ3v) is 2.75. The molecule has 0 heterocycles. The van der Waals surface area contributed by atoms with E-state index >= 15 is 0 Å². The maximum atomic E-state index is 8.46. The van der Waals surface area contributed by atoms with E-state index in [1.807, 2.05) is 12.4 Å². The van der Waals surface area contributed by atoms with Crippen molar-refractivity contribution in [2.75, 3.05) is 6.26 Å². The van der Waals surface area contributed by atoms with Crippen molar-refractivity contribution in [2.24, 2.45) is 4.99 Å². The number of aliphatic imine (C=N–C) groups is 1. The van der Waals surface area contributed by atoms with Crippen LogP contribution in [0.15, 0.2) is 27.9 Å². The lowest BCUT2D eigenvalue weighted by molar-refractivity contribution is 0.946. The van der Waals surface area contributed by atoms with Crippen molar-refractivity contribution in [3.05, 3.63) is 22.9 Å². The second-order valence-corrected chi connectivity index (χ2v) is 4.56. The van der Waals surface area contributed by atoms with Gasteiger partial charge in [0.1, 0.15) is 0 Å². The van der Waals surface area contributed by atoms with Crippen LogP contribution in [0, 0.1) is 11.5 Å². The van der Waals surface area contributed by atoms with Crippen LogP contribution in [0.3, 0.4) is 0 Å². The van der Waals surface area contributed by atoms with Crippen LogP contribution in [0.25, 0.3) is 0 Å². The first-order valence-electron chi connectivity index (χ1n) is 4.15. The first-order valence-corrected chi connectivity index (χ1v) is 6.19. The molecule has 0 saturated carbocycles. The summed E-state index contributed by atoms with van der Waals surface area (Å²) < 4.78 is 0. The van der Waals surface area contributed by atoms with Gasteiger partial charge in [-0.2, -0.15) is 5.26 Å². The molecule has 0 aromatic rings. The molecule has 0 spiro atoms. The molecular formula is C9H9Cl2N3S. The molecule has 1 aliphatic rings. The average molecular weight is 262 g/mol. The SMILES string of the molecule is CSC(=NC1=CC(Cl)=CC(Cl)C1)NC#N. The van der Waals surface area contributed by atoms with Gasteiger partial charge in [0.15, 0.2) is 11.4 Å². The molecule has 0 saturated heterocycles. The number of hydrogen-bond donors (Lipinski definition) is 1. The van der Waals surface area contributed by atoms with Crippen molar-refractivity contribution in [3.63, 3.8) is 0 Å². The zero-order valence-corrected chi connectivity index (χ0v) is 10.3. The summed E-state index contributed by atoms with van der Waals surface area (Å²) in [7, 11) is 0. The minimum absolute atomic E-state index is 0.133. The summed E-state index contributed by atoms with van der Waals surface area (Å²) >= 11 is 13.2. The zero-order valence-electron chi connectivity index (χ0n) is 8.00. The lowest BCUT2D eigenvalue weighted by Crippen LogP contribution is -2.14. The smallest absolute Gasteiger partial charge is 0.183 e. The number of amidine groups is 1. The predicted octanol–water partition coefficient (Wildman–Crippen LogP) is 2.79.